The van der Waals surface area contributed by atoms with Crippen LogP contribution in [-0.4, -0.2) is 11.1 Å². The second-order valence-corrected chi connectivity index (χ2v) is 6.46. The van der Waals surface area contributed by atoms with E-state index in [4.69, 9.17) is 0 Å². The highest BCUT2D eigenvalue weighted by molar-refractivity contribution is 5.81. The van der Waals surface area contributed by atoms with Crippen LogP contribution in [0.2, 0.25) is 0 Å². The second kappa shape index (κ2) is 5.99. The second-order valence-electron chi connectivity index (χ2n) is 6.46. The Kier molecular flexibility index (Phi) is 4.52. The molecule has 1 fully saturated rings. The molecule has 1 aliphatic carbocycles. The molecule has 1 aromatic rings. The Morgan fingerprint density at radius 1 is 1.20 bits per heavy atom. The molecule has 0 aliphatic heterocycles. The van der Waals surface area contributed by atoms with E-state index in [2.05, 4.69) is 13.8 Å². The zero-order chi connectivity index (χ0) is 14.8. The molecule has 4 atom stereocenters. The first-order valence-electron chi connectivity index (χ1n) is 7.81. The molecule has 1 saturated carbocycles. The number of rotatable bonds is 4. The van der Waals surface area contributed by atoms with E-state index in [0.717, 1.165) is 24.8 Å². The van der Waals surface area contributed by atoms with Crippen molar-refractivity contribution in [3.8, 4) is 0 Å². The van der Waals surface area contributed by atoms with E-state index in [9.17, 15) is 9.90 Å². The van der Waals surface area contributed by atoms with Gasteiger partial charge in [0, 0.05) is 0 Å². The summed E-state index contributed by atoms with van der Waals surface area (Å²) in [5.74, 6) is 0.921. The molecule has 0 saturated heterocycles. The maximum atomic E-state index is 12.1. The lowest BCUT2D eigenvalue weighted by atomic mass is 9.60. The summed E-state index contributed by atoms with van der Waals surface area (Å²) >= 11 is 0. The molecule has 20 heavy (non-hydrogen) atoms. The predicted molar refractivity (Wildman–Crippen MR) is 81.7 cm³/mol. The van der Waals surface area contributed by atoms with Crippen molar-refractivity contribution >= 4 is 5.97 Å². The fourth-order valence-corrected chi connectivity index (χ4v) is 3.91. The molecule has 0 radical (unpaired) electrons. The van der Waals surface area contributed by atoms with E-state index < -0.39 is 11.4 Å². The number of carboxylic acids is 1. The maximum absolute atomic E-state index is 12.1. The minimum atomic E-state index is -0.713. The molecule has 2 rings (SSSR count). The van der Waals surface area contributed by atoms with Gasteiger partial charge in [0.2, 0.25) is 0 Å². The topological polar surface area (TPSA) is 37.3 Å². The van der Waals surface area contributed by atoms with Gasteiger partial charge < -0.3 is 5.11 Å². The summed E-state index contributed by atoms with van der Waals surface area (Å²) in [6.07, 6.45) is 3.86. The normalized spacial score (nSPS) is 29.6. The van der Waals surface area contributed by atoms with Gasteiger partial charge in [-0.3, -0.25) is 4.79 Å². The predicted octanol–water partition coefficient (Wildman–Crippen LogP) is 4.49. The Morgan fingerprint density at radius 3 is 2.35 bits per heavy atom. The summed E-state index contributed by atoms with van der Waals surface area (Å²) in [4.78, 5) is 12.1. The smallest absolute Gasteiger partial charge is 0.314 e. The Labute approximate surface area is 122 Å². The Balaban J connectivity index is 2.40. The van der Waals surface area contributed by atoms with Gasteiger partial charge in [-0.2, -0.15) is 0 Å². The van der Waals surface area contributed by atoms with Crippen LogP contribution >= 0.6 is 0 Å². The van der Waals surface area contributed by atoms with E-state index in [1.165, 1.54) is 0 Å². The third-order valence-electron chi connectivity index (χ3n) is 5.52. The van der Waals surface area contributed by atoms with Gasteiger partial charge in [-0.15, -0.1) is 0 Å². The van der Waals surface area contributed by atoms with Crippen LogP contribution in [0.1, 0.15) is 52.0 Å². The molecule has 0 heterocycles. The average molecular weight is 274 g/mol. The summed E-state index contributed by atoms with van der Waals surface area (Å²) in [5.41, 5.74) is 0.261. The van der Waals surface area contributed by atoms with Crippen LogP contribution in [0.15, 0.2) is 30.3 Å². The van der Waals surface area contributed by atoms with E-state index in [0.29, 0.717) is 18.3 Å². The van der Waals surface area contributed by atoms with E-state index >= 15 is 0 Å². The molecule has 110 valence electrons. The van der Waals surface area contributed by atoms with Gasteiger partial charge >= 0.3 is 5.97 Å². The third-order valence-corrected chi connectivity index (χ3v) is 5.52. The molecule has 1 N–H and O–H groups in total. The summed E-state index contributed by atoms with van der Waals surface area (Å²) in [6, 6.07) is 9.84. The van der Waals surface area contributed by atoms with Crippen LogP contribution in [0.3, 0.4) is 0 Å². The number of carbonyl (C=O) groups is 1. The van der Waals surface area contributed by atoms with Gasteiger partial charge in [-0.05, 0) is 42.6 Å². The lowest BCUT2D eigenvalue weighted by Gasteiger charge is -2.43. The molecule has 0 aromatic heterocycles. The van der Waals surface area contributed by atoms with Crippen molar-refractivity contribution in [2.75, 3.05) is 0 Å². The molecular formula is C18H26O2. The van der Waals surface area contributed by atoms with Crippen molar-refractivity contribution < 1.29 is 9.90 Å². The van der Waals surface area contributed by atoms with Crippen LogP contribution in [0, 0.1) is 17.8 Å². The maximum Gasteiger partial charge on any atom is 0.314 e. The van der Waals surface area contributed by atoms with Gasteiger partial charge in [0.25, 0.3) is 0 Å². The minimum absolute atomic E-state index is 0.249. The van der Waals surface area contributed by atoms with Crippen molar-refractivity contribution in [2.45, 2.75) is 51.9 Å². The zero-order valence-electron chi connectivity index (χ0n) is 12.8. The number of carboxylic acid groups (broad SMARTS) is 1. The molecule has 0 bridgehead atoms. The van der Waals surface area contributed by atoms with Gasteiger partial charge in [0.05, 0.1) is 5.41 Å². The summed E-state index contributed by atoms with van der Waals surface area (Å²) < 4.78 is 0. The van der Waals surface area contributed by atoms with Crippen LogP contribution in [0.4, 0.5) is 0 Å². The first-order chi connectivity index (χ1) is 9.52. The standard InChI is InChI=1S/C18H26O2/c1-4-18(17(19)20,15-8-6-5-7-9-15)16-11-10-13(2)14(3)12-16/h5-9,13-14,16H,4,10-12H2,1-3H3,(H,19,20). The Morgan fingerprint density at radius 2 is 1.85 bits per heavy atom. The third kappa shape index (κ3) is 2.48. The number of aliphatic carboxylic acids is 1. The van der Waals surface area contributed by atoms with Crippen molar-refractivity contribution in [1.82, 2.24) is 0 Å². The summed E-state index contributed by atoms with van der Waals surface area (Å²) in [7, 11) is 0. The molecule has 4 unspecified atom stereocenters. The average Bonchev–Trinajstić information content (AvgIpc) is 2.45. The fraction of sp³-hybridized carbons (Fsp3) is 0.611. The van der Waals surface area contributed by atoms with Crippen molar-refractivity contribution in [3.05, 3.63) is 35.9 Å². The highest BCUT2D eigenvalue weighted by Crippen LogP contribution is 2.46. The summed E-state index contributed by atoms with van der Waals surface area (Å²) in [5, 5.41) is 9.98. The van der Waals surface area contributed by atoms with Gasteiger partial charge in [0.15, 0.2) is 0 Å². The van der Waals surface area contributed by atoms with Gasteiger partial charge in [-0.1, -0.05) is 57.5 Å². The molecule has 2 nitrogen and oxygen atoms in total. The number of hydrogen-bond donors (Lipinski definition) is 1. The monoisotopic (exact) mass is 274 g/mol. The van der Waals surface area contributed by atoms with Gasteiger partial charge in [-0.25, -0.2) is 0 Å². The fourth-order valence-electron chi connectivity index (χ4n) is 3.91. The van der Waals surface area contributed by atoms with E-state index in [-0.39, 0.29) is 5.92 Å². The van der Waals surface area contributed by atoms with Crippen LogP contribution in [0.25, 0.3) is 0 Å². The molecule has 2 heteroatoms. The van der Waals surface area contributed by atoms with Crippen molar-refractivity contribution in [2.24, 2.45) is 17.8 Å². The first kappa shape index (κ1) is 15.1. The van der Waals surface area contributed by atoms with Crippen molar-refractivity contribution in [3.63, 3.8) is 0 Å². The van der Waals surface area contributed by atoms with Crippen LogP contribution < -0.4 is 0 Å². The Hall–Kier alpha value is -1.31. The molecule has 1 aliphatic rings. The van der Waals surface area contributed by atoms with Crippen LogP contribution in [-0.2, 0) is 10.2 Å². The van der Waals surface area contributed by atoms with Crippen LogP contribution in [0.5, 0.6) is 0 Å². The molecule has 0 spiro atoms. The number of hydrogen-bond acceptors (Lipinski definition) is 1. The summed E-state index contributed by atoms with van der Waals surface area (Å²) in [6.45, 7) is 6.58. The quantitative estimate of drug-likeness (QED) is 0.878. The first-order valence-corrected chi connectivity index (χ1v) is 7.81. The molecule has 1 aromatic carbocycles. The lowest BCUT2D eigenvalue weighted by molar-refractivity contribution is -0.147. The van der Waals surface area contributed by atoms with E-state index in [1.807, 2.05) is 37.3 Å². The van der Waals surface area contributed by atoms with E-state index in [1.54, 1.807) is 0 Å². The Bertz CT molecular complexity index is 454. The lowest BCUT2D eigenvalue weighted by Crippen LogP contribution is -2.45. The largest absolute Gasteiger partial charge is 0.481 e. The van der Waals surface area contributed by atoms with Gasteiger partial charge in [0.1, 0.15) is 0 Å². The molecule has 0 amide bonds. The molecular weight excluding hydrogens is 248 g/mol. The highest BCUT2D eigenvalue weighted by atomic mass is 16.4. The number of benzene rings is 1. The zero-order valence-corrected chi connectivity index (χ0v) is 12.8. The SMILES string of the molecule is CCC(C(=O)O)(c1ccccc1)C1CCC(C)C(C)C1. The highest BCUT2D eigenvalue weighted by Gasteiger charge is 2.47. The minimum Gasteiger partial charge on any atom is -0.481 e. The van der Waals surface area contributed by atoms with Crippen molar-refractivity contribution in [1.29, 1.82) is 0 Å².